The SMILES string of the molecule is Fc1cc(/C=N/Nc2nc(Nc3ccc(OC(F)(F)F)cc3)nc(OCC(F)(F)F)n2)ccc1Cl. The van der Waals surface area contributed by atoms with E-state index in [4.69, 9.17) is 11.6 Å². The van der Waals surface area contributed by atoms with Crippen LogP contribution in [-0.4, -0.2) is 40.3 Å². The molecule has 0 saturated heterocycles. The average molecular weight is 525 g/mol. The summed E-state index contributed by atoms with van der Waals surface area (Å²) in [7, 11) is 0. The highest BCUT2D eigenvalue weighted by atomic mass is 35.5. The lowest BCUT2D eigenvalue weighted by Crippen LogP contribution is -2.20. The van der Waals surface area contributed by atoms with E-state index >= 15 is 0 Å². The minimum atomic E-state index is -4.88. The lowest BCUT2D eigenvalue weighted by molar-refractivity contribution is -0.274. The summed E-state index contributed by atoms with van der Waals surface area (Å²) in [5, 5.41) is 6.23. The number of anilines is 3. The van der Waals surface area contributed by atoms with Gasteiger partial charge in [-0.3, -0.25) is 0 Å². The number of nitrogens with zero attached hydrogens (tertiary/aromatic N) is 4. The maximum Gasteiger partial charge on any atom is 0.573 e. The van der Waals surface area contributed by atoms with Crippen molar-refractivity contribution in [3.63, 3.8) is 0 Å². The maximum atomic E-state index is 13.5. The summed E-state index contributed by atoms with van der Waals surface area (Å²) < 4.78 is 96.2. The van der Waals surface area contributed by atoms with Gasteiger partial charge >= 0.3 is 18.5 Å². The standard InChI is InChI=1S/C19H12ClF7N6O2/c20-13-6-1-10(7-14(13)21)8-28-33-16-30-15(31-17(32-16)34-9-18(22,23)24)29-11-2-4-12(5-3-11)35-19(25,26)27/h1-8H,9H2,(H2,29,30,31,32,33)/b28-8+. The fourth-order valence-electron chi connectivity index (χ4n) is 2.30. The molecule has 35 heavy (non-hydrogen) atoms. The van der Waals surface area contributed by atoms with E-state index < -0.39 is 36.7 Å². The Morgan fingerprint density at radius 1 is 0.943 bits per heavy atom. The average Bonchev–Trinajstić information content (AvgIpc) is 2.75. The van der Waals surface area contributed by atoms with Crippen molar-refractivity contribution in [1.82, 2.24) is 15.0 Å². The van der Waals surface area contributed by atoms with E-state index in [0.717, 1.165) is 24.4 Å². The molecule has 0 aliphatic carbocycles. The molecule has 0 spiro atoms. The third kappa shape index (κ3) is 8.77. The van der Waals surface area contributed by atoms with Gasteiger partial charge in [-0.15, -0.1) is 13.2 Å². The van der Waals surface area contributed by atoms with Gasteiger partial charge in [-0.25, -0.2) is 9.82 Å². The van der Waals surface area contributed by atoms with Gasteiger partial charge in [-0.1, -0.05) is 17.7 Å². The number of hydrogen-bond acceptors (Lipinski definition) is 8. The summed E-state index contributed by atoms with van der Waals surface area (Å²) >= 11 is 5.59. The van der Waals surface area contributed by atoms with Crippen molar-refractivity contribution < 1.29 is 40.2 Å². The van der Waals surface area contributed by atoms with E-state index in [-0.39, 0.29) is 22.6 Å². The maximum absolute atomic E-state index is 13.5. The van der Waals surface area contributed by atoms with Crippen molar-refractivity contribution in [2.45, 2.75) is 12.5 Å². The first-order valence-electron chi connectivity index (χ1n) is 9.19. The summed E-state index contributed by atoms with van der Waals surface area (Å²) in [6.07, 6.45) is -8.41. The summed E-state index contributed by atoms with van der Waals surface area (Å²) in [6, 6.07) is 7.44. The van der Waals surface area contributed by atoms with Crippen LogP contribution in [0.4, 0.5) is 48.3 Å². The molecule has 0 radical (unpaired) electrons. The largest absolute Gasteiger partial charge is 0.573 e. The van der Waals surface area contributed by atoms with Crippen LogP contribution in [0, 0.1) is 5.82 Å². The van der Waals surface area contributed by atoms with Gasteiger partial charge in [-0.05, 0) is 42.0 Å². The van der Waals surface area contributed by atoms with E-state index in [9.17, 15) is 30.7 Å². The molecular formula is C19H12ClF7N6O2. The number of alkyl halides is 6. The van der Waals surface area contributed by atoms with Crippen molar-refractivity contribution >= 4 is 35.4 Å². The number of hydrazone groups is 1. The fraction of sp³-hybridized carbons (Fsp3) is 0.158. The van der Waals surface area contributed by atoms with Gasteiger partial charge in [0.05, 0.1) is 11.2 Å². The van der Waals surface area contributed by atoms with Gasteiger partial charge in [-0.2, -0.15) is 33.2 Å². The van der Waals surface area contributed by atoms with Crippen LogP contribution in [0.3, 0.4) is 0 Å². The van der Waals surface area contributed by atoms with Crippen LogP contribution in [0.5, 0.6) is 11.8 Å². The Kier molecular flexibility index (Phi) is 7.78. The molecule has 8 nitrogen and oxygen atoms in total. The van der Waals surface area contributed by atoms with E-state index in [2.05, 4.69) is 40.3 Å². The van der Waals surface area contributed by atoms with Crippen LogP contribution >= 0.6 is 11.6 Å². The van der Waals surface area contributed by atoms with Crippen LogP contribution in [0.15, 0.2) is 47.6 Å². The molecule has 2 aromatic carbocycles. The minimum Gasteiger partial charge on any atom is -0.454 e. The minimum absolute atomic E-state index is 0.104. The molecule has 186 valence electrons. The highest BCUT2D eigenvalue weighted by Gasteiger charge is 2.31. The molecule has 0 aliphatic rings. The van der Waals surface area contributed by atoms with Crippen molar-refractivity contribution in [2.75, 3.05) is 17.3 Å². The summed E-state index contributed by atoms with van der Waals surface area (Å²) in [5.74, 6) is -1.88. The molecule has 0 amide bonds. The zero-order chi connectivity index (χ0) is 25.6. The number of aromatic nitrogens is 3. The molecule has 1 aromatic heterocycles. The van der Waals surface area contributed by atoms with Crippen molar-refractivity contribution in [3.8, 4) is 11.8 Å². The monoisotopic (exact) mass is 524 g/mol. The topological polar surface area (TPSA) is 93.6 Å². The molecule has 0 aliphatic heterocycles. The number of rotatable bonds is 8. The van der Waals surface area contributed by atoms with Crippen molar-refractivity contribution in [3.05, 3.63) is 58.9 Å². The van der Waals surface area contributed by atoms with Gasteiger partial charge < -0.3 is 14.8 Å². The molecule has 1 heterocycles. The Balaban J connectivity index is 1.78. The molecule has 0 atom stereocenters. The highest BCUT2D eigenvalue weighted by molar-refractivity contribution is 6.30. The number of halogens is 8. The van der Waals surface area contributed by atoms with E-state index in [0.29, 0.717) is 5.56 Å². The Morgan fingerprint density at radius 3 is 2.26 bits per heavy atom. The van der Waals surface area contributed by atoms with Crippen molar-refractivity contribution in [1.29, 1.82) is 0 Å². The van der Waals surface area contributed by atoms with Crippen LogP contribution in [-0.2, 0) is 0 Å². The Morgan fingerprint density at radius 2 is 1.63 bits per heavy atom. The summed E-state index contributed by atoms with van der Waals surface area (Å²) in [4.78, 5) is 11.2. The Bertz CT molecular complexity index is 1190. The van der Waals surface area contributed by atoms with Gasteiger partial charge in [0.15, 0.2) is 6.61 Å². The molecule has 3 aromatic rings. The molecule has 16 heteroatoms. The third-order valence-electron chi connectivity index (χ3n) is 3.65. The molecule has 2 N–H and O–H groups in total. The zero-order valence-electron chi connectivity index (χ0n) is 17.0. The highest BCUT2D eigenvalue weighted by Crippen LogP contribution is 2.25. The first-order chi connectivity index (χ1) is 16.4. The smallest absolute Gasteiger partial charge is 0.454 e. The summed E-state index contributed by atoms with van der Waals surface area (Å²) in [5.41, 5.74) is 2.79. The number of ether oxygens (including phenoxy) is 2. The van der Waals surface area contributed by atoms with E-state index in [1.165, 1.54) is 24.3 Å². The molecule has 3 rings (SSSR count). The quantitative estimate of drug-likeness (QED) is 0.222. The second-order valence-electron chi connectivity index (χ2n) is 6.41. The first-order valence-corrected chi connectivity index (χ1v) is 9.57. The first kappa shape index (κ1) is 25.7. The second kappa shape index (κ2) is 10.6. The van der Waals surface area contributed by atoms with Crippen LogP contribution in [0.25, 0.3) is 0 Å². The number of hydrogen-bond donors (Lipinski definition) is 2. The van der Waals surface area contributed by atoms with E-state index in [1.54, 1.807) is 0 Å². The Hall–Kier alpha value is -3.88. The lowest BCUT2D eigenvalue weighted by atomic mass is 10.2. The molecule has 0 saturated carbocycles. The molecule has 0 unspecified atom stereocenters. The molecule has 0 bridgehead atoms. The molecule has 0 fully saturated rings. The molecular weight excluding hydrogens is 513 g/mol. The van der Waals surface area contributed by atoms with Gasteiger partial charge in [0.2, 0.25) is 5.95 Å². The number of nitrogens with one attached hydrogen (secondary N) is 2. The predicted octanol–water partition coefficient (Wildman–Crippen LogP) is 5.69. The predicted molar refractivity (Wildman–Crippen MR) is 110 cm³/mol. The lowest BCUT2D eigenvalue weighted by Gasteiger charge is -2.12. The second-order valence-corrected chi connectivity index (χ2v) is 6.82. The van der Waals surface area contributed by atoms with Crippen LogP contribution in [0.1, 0.15) is 5.56 Å². The third-order valence-corrected chi connectivity index (χ3v) is 3.95. The van der Waals surface area contributed by atoms with Gasteiger partial charge in [0, 0.05) is 5.69 Å². The van der Waals surface area contributed by atoms with Crippen LogP contribution < -0.4 is 20.2 Å². The zero-order valence-corrected chi connectivity index (χ0v) is 17.7. The fourth-order valence-corrected chi connectivity index (χ4v) is 2.42. The van der Waals surface area contributed by atoms with E-state index in [1.807, 2.05) is 0 Å². The van der Waals surface area contributed by atoms with Gasteiger partial charge in [0.1, 0.15) is 11.6 Å². The van der Waals surface area contributed by atoms with Crippen molar-refractivity contribution in [2.24, 2.45) is 5.10 Å². The van der Waals surface area contributed by atoms with Crippen LogP contribution in [0.2, 0.25) is 5.02 Å². The number of benzene rings is 2. The normalized spacial score (nSPS) is 12.0. The Labute approximate surface area is 196 Å². The summed E-state index contributed by atoms with van der Waals surface area (Å²) in [6.45, 7) is -1.70. The van der Waals surface area contributed by atoms with Gasteiger partial charge in [0.25, 0.3) is 5.95 Å².